The van der Waals surface area contributed by atoms with Crippen molar-refractivity contribution in [3.05, 3.63) is 35.4 Å². The van der Waals surface area contributed by atoms with E-state index in [0.717, 1.165) is 45.2 Å². The molecule has 2 fully saturated rings. The second kappa shape index (κ2) is 10.8. The maximum absolute atomic E-state index is 6.16. The lowest BCUT2D eigenvalue weighted by Crippen LogP contribution is -2.45. The number of rotatable bonds is 7. The number of hydrogen-bond donors (Lipinski definition) is 2. The smallest absolute Gasteiger partial charge is 0.191 e. The normalized spacial score (nSPS) is 26.4. The van der Waals surface area contributed by atoms with Crippen molar-refractivity contribution in [2.75, 3.05) is 39.3 Å². The van der Waals surface area contributed by atoms with E-state index >= 15 is 0 Å². The maximum Gasteiger partial charge on any atom is 0.191 e. The van der Waals surface area contributed by atoms with Gasteiger partial charge < -0.3 is 15.4 Å². The zero-order valence-corrected chi connectivity index (χ0v) is 17.9. The van der Waals surface area contributed by atoms with Gasteiger partial charge in [-0.3, -0.25) is 9.89 Å². The molecule has 3 unspecified atom stereocenters. The summed E-state index contributed by atoms with van der Waals surface area (Å²) in [6.45, 7) is 12.4. The first kappa shape index (κ1) is 21.1. The molecule has 0 amide bonds. The quantitative estimate of drug-likeness (QED) is 0.556. The van der Waals surface area contributed by atoms with Crippen molar-refractivity contribution < 1.29 is 4.74 Å². The fourth-order valence-corrected chi connectivity index (χ4v) is 4.46. The maximum atomic E-state index is 6.16. The molecular weight excluding hydrogens is 348 g/mol. The van der Waals surface area contributed by atoms with Gasteiger partial charge in [-0.05, 0) is 58.2 Å². The monoisotopic (exact) mass is 386 g/mol. The number of nitrogens with zero attached hydrogens (tertiary/aromatic N) is 2. The van der Waals surface area contributed by atoms with Crippen LogP contribution in [-0.4, -0.2) is 56.2 Å². The van der Waals surface area contributed by atoms with Crippen LogP contribution in [0.25, 0.3) is 0 Å². The summed E-state index contributed by atoms with van der Waals surface area (Å²) in [5.41, 5.74) is 2.58. The van der Waals surface area contributed by atoms with Crippen molar-refractivity contribution in [1.82, 2.24) is 15.5 Å². The third-order valence-electron chi connectivity index (χ3n) is 6.09. The second-order valence-electron chi connectivity index (χ2n) is 8.13. The van der Waals surface area contributed by atoms with Crippen molar-refractivity contribution in [2.45, 2.75) is 58.6 Å². The first-order valence-electron chi connectivity index (χ1n) is 11.2. The topological polar surface area (TPSA) is 48.9 Å². The first-order chi connectivity index (χ1) is 13.7. The van der Waals surface area contributed by atoms with Gasteiger partial charge in [-0.2, -0.15) is 0 Å². The number of nitrogens with one attached hydrogen (secondary N) is 2. The molecule has 1 aromatic carbocycles. The van der Waals surface area contributed by atoms with E-state index in [9.17, 15) is 0 Å². The molecule has 2 N–H and O–H groups in total. The molecule has 3 rings (SSSR count). The molecule has 0 saturated carbocycles. The van der Waals surface area contributed by atoms with Gasteiger partial charge >= 0.3 is 0 Å². The highest BCUT2D eigenvalue weighted by atomic mass is 16.5. The molecule has 156 valence electrons. The van der Waals surface area contributed by atoms with Crippen molar-refractivity contribution in [1.29, 1.82) is 0 Å². The van der Waals surface area contributed by atoms with Crippen molar-refractivity contribution in [2.24, 2.45) is 10.9 Å². The van der Waals surface area contributed by atoms with Gasteiger partial charge in [0.25, 0.3) is 0 Å². The Kier molecular flexibility index (Phi) is 8.16. The van der Waals surface area contributed by atoms with Gasteiger partial charge in [0, 0.05) is 38.2 Å². The lowest BCUT2D eigenvalue weighted by molar-refractivity contribution is -0.0250. The summed E-state index contributed by atoms with van der Waals surface area (Å²) in [5.74, 6) is 1.38. The van der Waals surface area contributed by atoms with Gasteiger partial charge in [0.2, 0.25) is 0 Å². The van der Waals surface area contributed by atoms with Crippen LogP contribution < -0.4 is 10.6 Å². The molecule has 3 atom stereocenters. The van der Waals surface area contributed by atoms with Crippen molar-refractivity contribution in [3.8, 4) is 0 Å². The third-order valence-corrected chi connectivity index (χ3v) is 6.09. The molecule has 5 nitrogen and oxygen atoms in total. The Bertz CT molecular complexity index is 616. The Labute approximate surface area is 170 Å². The summed E-state index contributed by atoms with van der Waals surface area (Å²) in [4.78, 5) is 7.51. The van der Waals surface area contributed by atoms with E-state index in [-0.39, 0.29) is 6.10 Å². The highest BCUT2D eigenvalue weighted by Crippen LogP contribution is 2.34. The second-order valence-corrected chi connectivity index (χ2v) is 8.13. The van der Waals surface area contributed by atoms with Crippen LogP contribution >= 0.6 is 0 Å². The molecule has 0 radical (unpaired) electrons. The number of likely N-dealkylation sites (N-methyl/N-ethyl adjacent to an activating group) is 1. The molecule has 2 aliphatic rings. The third kappa shape index (κ3) is 5.71. The van der Waals surface area contributed by atoms with Gasteiger partial charge in [0.1, 0.15) is 0 Å². The largest absolute Gasteiger partial charge is 0.373 e. The summed E-state index contributed by atoms with van der Waals surface area (Å²) in [7, 11) is 0. The van der Waals surface area contributed by atoms with Crippen LogP contribution in [0.5, 0.6) is 0 Å². The first-order valence-corrected chi connectivity index (χ1v) is 11.2. The van der Waals surface area contributed by atoms with Gasteiger partial charge in [-0.1, -0.05) is 36.8 Å². The highest BCUT2D eigenvalue weighted by molar-refractivity contribution is 5.79. The van der Waals surface area contributed by atoms with Gasteiger partial charge in [-0.15, -0.1) is 0 Å². The van der Waals surface area contributed by atoms with Crippen LogP contribution in [0, 0.1) is 12.8 Å². The lowest BCUT2D eigenvalue weighted by Gasteiger charge is -2.31. The van der Waals surface area contributed by atoms with Crippen LogP contribution in [0.2, 0.25) is 0 Å². The van der Waals surface area contributed by atoms with E-state index in [1.54, 1.807) is 0 Å². The molecular formula is C23H38N4O. The Morgan fingerprint density at radius 3 is 2.71 bits per heavy atom. The van der Waals surface area contributed by atoms with E-state index < -0.39 is 0 Å². The molecule has 2 saturated heterocycles. The average Bonchev–Trinajstić information content (AvgIpc) is 3.18. The molecule has 2 heterocycles. The minimum absolute atomic E-state index is 0.159. The number of likely N-dealkylation sites (tertiary alicyclic amines) is 1. The predicted octanol–water partition coefficient (Wildman–Crippen LogP) is 3.50. The SMILES string of the molecule is CCNC(=NCC1CCCOC1c1ccc(C)cc1)NCC1CCCN1CC. The minimum atomic E-state index is 0.159. The average molecular weight is 387 g/mol. The zero-order valence-electron chi connectivity index (χ0n) is 17.9. The highest BCUT2D eigenvalue weighted by Gasteiger charge is 2.27. The summed E-state index contributed by atoms with van der Waals surface area (Å²) in [6, 6.07) is 9.42. The van der Waals surface area contributed by atoms with Crippen LogP contribution in [0.1, 0.15) is 56.8 Å². The standard InChI is InChI=1S/C23H38N4O/c1-4-24-23(26-17-21-9-6-14-27(21)5-2)25-16-20-8-7-15-28-22(20)19-12-10-18(3)11-13-19/h10-13,20-22H,4-9,14-17H2,1-3H3,(H2,24,25,26). The summed E-state index contributed by atoms with van der Waals surface area (Å²) < 4.78 is 6.16. The van der Waals surface area contributed by atoms with Crippen molar-refractivity contribution in [3.63, 3.8) is 0 Å². The molecule has 1 aromatic rings. The van der Waals surface area contributed by atoms with Crippen LogP contribution in [0.3, 0.4) is 0 Å². The Balaban J connectivity index is 1.60. The minimum Gasteiger partial charge on any atom is -0.373 e. The molecule has 5 heteroatoms. The summed E-state index contributed by atoms with van der Waals surface area (Å²) in [5, 5.41) is 7.01. The number of aryl methyl sites for hydroxylation is 1. The van der Waals surface area contributed by atoms with Gasteiger partial charge in [0.15, 0.2) is 5.96 Å². The predicted molar refractivity (Wildman–Crippen MR) is 117 cm³/mol. The van der Waals surface area contributed by atoms with E-state index in [1.807, 2.05) is 0 Å². The number of ether oxygens (including phenoxy) is 1. The number of hydrogen-bond acceptors (Lipinski definition) is 3. The van der Waals surface area contributed by atoms with E-state index in [0.29, 0.717) is 12.0 Å². The molecule has 0 aromatic heterocycles. The Morgan fingerprint density at radius 2 is 1.96 bits per heavy atom. The zero-order chi connectivity index (χ0) is 19.8. The van der Waals surface area contributed by atoms with Crippen LogP contribution in [0.4, 0.5) is 0 Å². The molecule has 0 aliphatic carbocycles. The fraction of sp³-hybridized carbons (Fsp3) is 0.696. The van der Waals surface area contributed by atoms with Gasteiger partial charge in [-0.25, -0.2) is 0 Å². The van der Waals surface area contributed by atoms with Crippen molar-refractivity contribution >= 4 is 5.96 Å². The van der Waals surface area contributed by atoms with E-state index in [1.165, 1.54) is 36.9 Å². The number of benzene rings is 1. The fourth-order valence-electron chi connectivity index (χ4n) is 4.46. The molecule has 0 spiro atoms. The molecule has 0 bridgehead atoms. The summed E-state index contributed by atoms with van der Waals surface area (Å²) >= 11 is 0. The Morgan fingerprint density at radius 1 is 1.14 bits per heavy atom. The van der Waals surface area contributed by atoms with Crippen LogP contribution in [-0.2, 0) is 4.74 Å². The lowest BCUT2D eigenvalue weighted by atomic mass is 9.89. The molecule has 2 aliphatic heterocycles. The summed E-state index contributed by atoms with van der Waals surface area (Å²) in [6.07, 6.45) is 5.05. The van der Waals surface area contributed by atoms with E-state index in [2.05, 4.69) is 60.6 Å². The number of guanidine groups is 1. The van der Waals surface area contributed by atoms with Crippen LogP contribution in [0.15, 0.2) is 29.3 Å². The van der Waals surface area contributed by atoms with E-state index in [4.69, 9.17) is 9.73 Å². The number of aliphatic imine (C=N–C) groups is 1. The van der Waals surface area contributed by atoms with Gasteiger partial charge in [0.05, 0.1) is 6.10 Å². The Hall–Kier alpha value is -1.59. The molecule has 28 heavy (non-hydrogen) atoms.